The van der Waals surface area contributed by atoms with Crippen LogP contribution >= 0.6 is 11.3 Å². The van der Waals surface area contributed by atoms with E-state index in [1.54, 1.807) is 18.4 Å². The van der Waals surface area contributed by atoms with Crippen LogP contribution < -0.4 is 5.32 Å². The Morgan fingerprint density at radius 1 is 1.29 bits per heavy atom. The van der Waals surface area contributed by atoms with Crippen molar-refractivity contribution >= 4 is 27.4 Å². The molecule has 0 bridgehead atoms. The SMILES string of the molecule is CCCNc1nc(C2(OC)CCCCC2)nc2sccc12. The predicted octanol–water partition coefficient (Wildman–Crippen LogP) is 4.32. The maximum Gasteiger partial charge on any atom is 0.164 e. The van der Waals surface area contributed by atoms with Gasteiger partial charge in [0.15, 0.2) is 5.82 Å². The molecular formula is C16H23N3OS. The van der Waals surface area contributed by atoms with Crippen molar-refractivity contribution in [1.82, 2.24) is 9.97 Å². The fraction of sp³-hybridized carbons (Fsp3) is 0.625. The lowest BCUT2D eigenvalue weighted by Crippen LogP contribution is -2.33. The molecule has 0 amide bonds. The van der Waals surface area contributed by atoms with Crippen molar-refractivity contribution in [3.63, 3.8) is 0 Å². The molecular weight excluding hydrogens is 282 g/mol. The molecule has 2 aromatic heterocycles. The number of fused-ring (bicyclic) bond motifs is 1. The molecule has 4 nitrogen and oxygen atoms in total. The van der Waals surface area contributed by atoms with Gasteiger partial charge in [0.05, 0.1) is 5.39 Å². The summed E-state index contributed by atoms with van der Waals surface area (Å²) in [5.41, 5.74) is -0.293. The number of anilines is 1. The summed E-state index contributed by atoms with van der Waals surface area (Å²) in [6, 6.07) is 2.10. The highest BCUT2D eigenvalue weighted by atomic mass is 32.1. The van der Waals surface area contributed by atoms with Crippen LogP contribution in [-0.4, -0.2) is 23.6 Å². The first-order valence-corrected chi connectivity index (χ1v) is 8.72. The van der Waals surface area contributed by atoms with Gasteiger partial charge in [-0.3, -0.25) is 0 Å². The molecule has 2 heterocycles. The Balaban J connectivity index is 2.04. The molecule has 0 aliphatic heterocycles. The van der Waals surface area contributed by atoms with Crippen LogP contribution in [0.2, 0.25) is 0 Å². The molecule has 1 saturated carbocycles. The highest BCUT2D eigenvalue weighted by Gasteiger charge is 2.37. The maximum atomic E-state index is 5.90. The summed E-state index contributed by atoms with van der Waals surface area (Å²) in [7, 11) is 1.80. The van der Waals surface area contributed by atoms with Gasteiger partial charge in [0.2, 0.25) is 0 Å². The van der Waals surface area contributed by atoms with E-state index >= 15 is 0 Å². The van der Waals surface area contributed by atoms with Crippen LogP contribution in [-0.2, 0) is 10.3 Å². The Kier molecular flexibility index (Phi) is 4.40. The third-order valence-electron chi connectivity index (χ3n) is 4.33. The maximum absolute atomic E-state index is 5.90. The molecule has 114 valence electrons. The summed E-state index contributed by atoms with van der Waals surface area (Å²) in [4.78, 5) is 10.7. The van der Waals surface area contributed by atoms with Crippen molar-refractivity contribution < 1.29 is 4.74 Å². The zero-order chi connectivity index (χ0) is 14.7. The number of aromatic nitrogens is 2. The predicted molar refractivity (Wildman–Crippen MR) is 88.0 cm³/mol. The molecule has 0 atom stereocenters. The van der Waals surface area contributed by atoms with Crippen molar-refractivity contribution in [2.75, 3.05) is 19.0 Å². The minimum atomic E-state index is -0.293. The molecule has 0 radical (unpaired) electrons. The van der Waals surface area contributed by atoms with Gasteiger partial charge < -0.3 is 10.1 Å². The molecule has 3 rings (SSSR count). The number of nitrogens with one attached hydrogen (secondary N) is 1. The molecule has 0 saturated heterocycles. The standard InChI is InChI=1S/C16H23N3OS/c1-3-10-17-13-12-7-11-21-14(12)19-15(18-13)16(20-2)8-5-4-6-9-16/h7,11H,3-6,8-10H2,1-2H3,(H,17,18,19). The van der Waals surface area contributed by atoms with E-state index in [2.05, 4.69) is 23.7 Å². The fourth-order valence-corrected chi connectivity index (χ4v) is 3.84. The van der Waals surface area contributed by atoms with E-state index in [0.29, 0.717) is 0 Å². The lowest BCUT2D eigenvalue weighted by molar-refractivity contribution is -0.0511. The van der Waals surface area contributed by atoms with Crippen LogP contribution in [0.1, 0.15) is 51.3 Å². The minimum Gasteiger partial charge on any atom is -0.370 e. The normalized spacial score (nSPS) is 18.0. The first-order valence-electron chi connectivity index (χ1n) is 7.84. The van der Waals surface area contributed by atoms with E-state index in [1.165, 1.54) is 19.3 Å². The van der Waals surface area contributed by atoms with Gasteiger partial charge in [-0.2, -0.15) is 0 Å². The third-order valence-corrected chi connectivity index (χ3v) is 5.13. The summed E-state index contributed by atoms with van der Waals surface area (Å²) in [5.74, 6) is 1.82. The molecule has 1 fully saturated rings. The number of hydrogen-bond acceptors (Lipinski definition) is 5. The van der Waals surface area contributed by atoms with E-state index in [0.717, 1.165) is 47.7 Å². The van der Waals surface area contributed by atoms with Crippen LogP contribution in [0.25, 0.3) is 10.2 Å². The lowest BCUT2D eigenvalue weighted by Gasteiger charge is -2.34. The highest BCUT2D eigenvalue weighted by molar-refractivity contribution is 7.16. The van der Waals surface area contributed by atoms with Crippen LogP contribution in [0.15, 0.2) is 11.4 Å². The zero-order valence-corrected chi connectivity index (χ0v) is 13.6. The summed E-state index contributed by atoms with van der Waals surface area (Å²) < 4.78 is 5.90. The van der Waals surface area contributed by atoms with Crippen molar-refractivity contribution in [2.24, 2.45) is 0 Å². The zero-order valence-electron chi connectivity index (χ0n) is 12.8. The van der Waals surface area contributed by atoms with Gasteiger partial charge in [0, 0.05) is 13.7 Å². The van der Waals surface area contributed by atoms with Crippen molar-refractivity contribution in [2.45, 2.75) is 51.0 Å². The molecule has 0 unspecified atom stereocenters. The topological polar surface area (TPSA) is 47.0 Å². The van der Waals surface area contributed by atoms with E-state index in [1.807, 2.05) is 0 Å². The van der Waals surface area contributed by atoms with Gasteiger partial charge in [0.1, 0.15) is 16.2 Å². The molecule has 0 aromatic carbocycles. The Hall–Kier alpha value is -1.20. The first-order chi connectivity index (χ1) is 10.3. The van der Waals surface area contributed by atoms with Crippen LogP contribution in [0, 0.1) is 0 Å². The summed E-state index contributed by atoms with van der Waals surface area (Å²) >= 11 is 1.68. The number of rotatable bonds is 5. The molecule has 5 heteroatoms. The van der Waals surface area contributed by atoms with E-state index in [9.17, 15) is 0 Å². The quantitative estimate of drug-likeness (QED) is 0.893. The molecule has 1 N–H and O–H groups in total. The fourth-order valence-electron chi connectivity index (χ4n) is 3.08. The van der Waals surface area contributed by atoms with Gasteiger partial charge in [0.25, 0.3) is 0 Å². The summed E-state index contributed by atoms with van der Waals surface area (Å²) in [6.45, 7) is 3.10. The first kappa shape index (κ1) is 14.7. The van der Waals surface area contributed by atoms with Gasteiger partial charge in [-0.25, -0.2) is 9.97 Å². The molecule has 1 aliphatic carbocycles. The smallest absolute Gasteiger partial charge is 0.164 e. The van der Waals surface area contributed by atoms with Gasteiger partial charge in [-0.15, -0.1) is 11.3 Å². The lowest BCUT2D eigenvalue weighted by atomic mass is 9.84. The van der Waals surface area contributed by atoms with Crippen molar-refractivity contribution in [1.29, 1.82) is 0 Å². The Morgan fingerprint density at radius 2 is 2.10 bits per heavy atom. The van der Waals surface area contributed by atoms with Crippen molar-refractivity contribution in [3.05, 3.63) is 17.3 Å². The Labute approximate surface area is 129 Å². The monoisotopic (exact) mass is 305 g/mol. The van der Waals surface area contributed by atoms with Crippen LogP contribution in [0.5, 0.6) is 0 Å². The van der Waals surface area contributed by atoms with Gasteiger partial charge in [-0.1, -0.05) is 26.2 Å². The number of nitrogens with zero attached hydrogens (tertiary/aromatic N) is 2. The van der Waals surface area contributed by atoms with E-state index in [4.69, 9.17) is 14.7 Å². The summed E-state index contributed by atoms with van der Waals surface area (Å²) in [6.07, 6.45) is 6.80. The number of thiophene rings is 1. The average molecular weight is 305 g/mol. The van der Waals surface area contributed by atoms with Gasteiger partial charge in [-0.05, 0) is 30.7 Å². The third kappa shape index (κ3) is 2.77. The highest BCUT2D eigenvalue weighted by Crippen LogP contribution is 2.40. The minimum absolute atomic E-state index is 0.293. The molecule has 0 spiro atoms. The average Bonchev–Trinajstić information content (AvgIpc) is 3.01. The number of methoxy groups -OCH3 is 1. The second-order valence-corrected chi connectivity index (χ2v) is 6.62. The molecule has 2 aromatic rings. The second kappa shape index (κ2) is 6.28. The van der Waals surface area contributed by atoms with E-state index in [-0.39, 0.29) is 5.60 Å². The summed E-state index contributed by atoms with van der Waals surface area (Å²) in [5, 5.41) is 6.65. The Morgan fingerprint density at radius 3 is 2.81 bits per heavy atom. The van der Waals surface area contributed by atoms with Crippen LogP contribution in [0.3, 0.4) is 0 Å². The van der Waals surface area contributed by atoms with E-state index < -0.39 is 0 Å². The number of hydrogen-bond donors (Lipinski definition) is 1. The molecule has 21 heavy (non-hydrogen) atoms. The largest absolute Gasteiger partial charge is 0.370 e. The second-order valence-electron chi connectivity index (χ2n) is 5.72. The molecule has 1 aliphatic rings. The van der Waals surface area contributed by atoms with Crippen LogP contribution in [0.4, 0.5) is 5.82 Å². The number of ether oxygens (including phenoxy) is 1. The Bertz CT molecular complexity index is 605. The van der Waals surface area contributed by atoms with Gasteiger partial charge >= 0.3 is 0 Å². The van der Waals surface area contributed by atoms with Crippen molar-refractivity contribution in [3.8, 4) is 0 Å².